The zero-order chi connectivity index (χ0) is 9.40. The van der Waals surface area contributed by atoms with Gasteiger partial charge >= 0.3 is 5.97 Å². The maximum Gasteiger partial charge on any atom is 0.307 e. The van der Waals surface area contributed by atoms with Crippen molar-refractivity contribution in [3.63, 3.8) is 0 Å². The zero-order valence-corrected chi connectivity index (χ0v) is 7.58. The predicted molar refractivity (Wildman–Crippen MR) is 47.5 cm³/mol. The third-order valence-electron chi connectivity index (χ3n) is 1.69. The molecule has 0 fully saturated rings. The average molecular weight is 174 g/mol. The lowest BCUT2D eigenvalue weighted by Crippen LogP contribution is -2.24. The molecule has 0 aliphatic heterocycles. The Balaban J connectivity index is 3.32. The second-order valence-electron chi connectivity index (χ2n) is 2.82. The number of rotatable bonds is 6. The molecule has 0 saturated carbocycles. The molecule has 0 rings (SSSR count). The smallest absolute Gasteiger partial charge is 0.307 e. The summed E-state index contributed by atoms with van der Waals surface area (Å²) in [6.45, 7) is 0.685. The molecular weight excluding hydrogens is 156 g/mol. The Morgan fingerprint density at radius 1 is 1.50 bits per heavy atom. The van der Waals surface area contributed by atoms with Gasteiger partial charge in [-0.1, -0.05) is 6.42 Å². The Morgan fingerprint density at radius 3 is 2.67 bits per heavy atom. The largest absolute Gasteiger partial charge is 0.469 e. The van der Waals surface area contributed by atoms with Crippen molar-refractivity contribution in [2.75, 3.05) is 13.7 Å². The van der Waals surface area contributed by atoms with Gasteiger partial charge in [0.05, 0.1) is 13.5 Å². The van der Waals surface area contributed by atoms with E-state index in [1.165, 1.54) is 7.11 Å². The molecule has 4 nitrogen and oxygen atoms in total. The van der Waals surface area contributed by atoms with Gasteiger partial charge in [-0.05, 0) is 19.4 Å². The SMILES string of the molecule is COC(=O)C[C@@H](N)CCCCN. The van der Waals surface area contributed by atoms with Crippen molar-refractivity contribution in [3.05, 3.63) is 0 Å². The Labute approximate surface area is 73.2 Å². The fraction of sp³-hybridized carbons (Fsp3) is 0.875. The van der Waals surface area contributed by atoms with Gasteiger partial charge in [-0.2, -0.15) is 0 Å². The van der Waals surface area contributed by atoms with E-state index in [9.17, 15) is 4.79 Å². The summed E-state index contributed by atoms with van der Waals surface area (Å²) in [5, 5.41) is 0. The van der Waals surface area contributed by atoms with Gasteiger partial charge in [0.1, 0.15) is 0 Å². The second kappa shape index (κ2) is 7.06. The first-order valence-electron chi connectivity index (χ1n) is 4.23. The molecule has 0 spiro atoms. The number of methoxy groups -OCH3 is 1. The summed E-state index contributed by atoms with van der Waals surface area (Å²) in [7, 11) is 1.37. The van der Waals surface area contributed by atoms with Crippen LogP contribution in [0.4, 0.5) is 0 Å². The van der Waals surface area contributed by atoms with Crippen LogP contribution in [0, 0.1) is 0 Å². The maximum atomic E-state index is 10.7. The molecule has 0 aliphatic carbocycles. The summed E-state index contributed by atoms with van der Waals surface area (Å²) >= 11 is 0. The van der Waals surface area contributed by atoms with E-state index in [1.54, 1.807) is 0 Å². The molecule has 0 aliphatic rings. The number of unbranched alkanes of at least 4 members (excludes halogenated alkanes) is 1. The number of nitrogens with two attached hydrogens (primary N) is 2. The number of hydrogen-bond acceptors (Lipinski definition) is 4. The molecule has 12 heavy (non-hydrogen) atoms. The van der Waals surface area contributed by atoms with Gasteiger partial charge in [0.2, 0.25) is 0 Å². The minimum Gasteiger partial charge on any atom is -0.469 e. The molecule has 0 aromatic heterocycles. The van der Waals surface area contributed by atoms with Crippen molar-refractivity contribution in [2.45, 2.75) is 31.7 Å². The molecule has 0 amide bonds. The zero-order valence-electron chi connectivity index (χ0n) is 7.58. The summed E-state index contributed by atoms with van der Waals surface area (Å²) in [5.74, 6) is -0.241. The molecule has 0 unspecified atom stereocenters. The van der Waals surface area contributed by atoms with E-state index < -0.39 is 0 Å². The van der Waals surface area contributed by atoms with Gasteiger partial charge in [0.15, 0.2) is 0 Å². The van der Waals surface area contributed by atoms with Crippen LogP contribution in [0.2, 0.25) is 0 Å². The third kappa shape index (κ3) is 6.12. The van der Waals surface area contributed by atoms with Crippen molar-refractivity contribution < 1.29 is 9.53 Å². The van der Waals surface area contributed by atoms with Crippen LogP contribution in [0.3, 0.4) is 0 Å². The summed E-state index contributed by atoms with van der Waals surface area (Å²) in [6.07, 6.45) is 3.09. The standard InChI is InChI=1S/C8H18N2O2/c1-12-8(11)6-7(10)4-2-3-5-9/h7H,2-6,9-10H2,1H3/t7-/m0/s1. The first kappa shape index (κ1) is 11.4. The Kier molecular flexibility index (Phi) is 6.70. The molecule has 4 N–H and O–H groups in total. The van der Waals surface area contributed by atoms with E-state index in [2.05, 4.69) is 4.74 Å². The van der Waals surface area contributed by atoms with Gasteiger partial charge in [-0.3, -0.25) is 4.79 Å². The Bertz CT molecular complexity index is 128. The van der Waals surface area contributed by atoms with Crippen LogP contribution in [0.1, 0.15) is 25.7 Å². The predicted octanol–water partition coefficient (Wildman–Crippen LogP) is 0.00580. The third-order valence-corrected chi connectivity index (χ3v) is 1.69. The van der Waals surface area contributed by atoms with Gasteiger partial charge in [0, 0.05) is 6.04 Å². The summed E-state index contributed by atoms with van der Waals surface area (Å²) in [6, 6.07) is -0.0796. The van der Waals surface area contributed by atoms with Crippen molar-refractivity contribution in [1.29, 1.82) is 0 Å². The molecule has 0 aromatic rings. The van der Waals surface area contributed by atoms with E-state index >= 15 is 0 Å². The summed E-state index contributed by atoms with van der Waals surface area (Å²) < 4.78 is 4.48. The summed E-state index contributed by atoms with van der Waals surface area (Å²) in [5.41, 5.74) is 11.0. The van der Waals surface area contributed by atoms with E-state index in [-0.39, 0.29) is 12.0 Å². The normalized spacial score (nSPS) is 12.6. The van der Waals surface area contributed by atoms with Crippen molar-refractivity contribution >= 4 is 5.97 Å². The highest BCUT2D eigenvalue weighted by Gasteiger charge is 2.08. The number of carbonyl (C=O) groups excluding carboxylic acids is 1. The van der Waals surface area contributed by atoms with E-state index in [0.717, 1.165) is 19.3 Å². The Morgan fingerprint density at radius 2 is 2.17 bits per heavy atom. The molecule has 1 atom stereocenters. The quantitative estimate of drug-likeness (QED) is 0.439. The highest BCUT2D eigenvalue weighted by molar-refractivity contribution is 5.69. The maximum absolute atomic E-state index is 10.7. The lowest BCUT2D eigenvalue weighted by Gasteiger charge is -2.08. The minimum absolute atomic E-state index is 0.0796. The van der Waals surface area contributed by atoms with Crippen LogP contribution >= 0.6 is 0 Å². The molecular formula is C8H18N2O2. The molecule has 0 aromatic carbocycles. The molecule has 4 heteroatoms. The van der Waals surface area contributed by atoms with Gasteiger partial charge in [-0.25, -0.2) is 0 Å². The highest BCUT2D eigenvalue weighted by Crippen LogP contribution is 2.02. The number of carbonyl (C=O) groups is 1. The monoisotopic (exact) mass is 174 g/mol. The van der Waals surface area contributed by atoms with Crippen LogP contribution in [-0.4, -0.2) is 25.7 Å². The number of esters is 1. The molecule has 0 radical (unpaired) electrons. The number of ether oxygens (including phenoxy) is 1. The van der Waals surface area contributed by atoms with Gasteiger partial charge < -0.3 is 16.2 Å². The Hall–Kier alpha value is -0.610. The minimum atomic E-state index is -0.241. The fourth-order valence-electron chi connectivity index (χ4n) is 0.950. The lowest BCUT2D eigenvalue weighted by molar-refractivity contribution is -0.141. The second-order valence-corrected chi connectivity index (χ2v) is 2.82. The van der Waals surface area contributed by atoms with Crippen LogP contribution < -0.4 is 11.5 Å². The molecule has 0 saturated heterocycles. The van der Waals surface area contributed by atoms with E-state index in [0.29, 0.717) is 13.0 Å². The first-order chi connectivity index (χ1) is 5.70. The summed E-state index contributed by atoms with van der Waals surface area (Å²) in [4.78, 5) is 10.7. The van der Waals surface area contributed by atoms with Crippen LogP contribution in [-0.2, 0) is 9.53 Å². The number of hydrogen-bond donors (Lipinski definition) is 2. The van der Waals surface area contributed by atoms with Crippen LogP contribution in [0.15, 0.2) is 0 Å². The van der Waals surface area contributed by atoms with Crippen molar-refractivity contribution in [2.24, 2.45) is 11.5 Å². The van der Waals surface area contributed by atoms with Crippen LogP contribution in [0.5, 0.6) is 0 Å². The average Bonchev–Trinajstić information content (AvgIpc) is 2.05. The fourth-order valence-corrected chi connectivity index (χ4v) is 0.950. The highest BCUT2D eigenvalue weighted by atomic mass is 16.5. The van der Waals surface area contributed by atoms with Gasteiger partial charge in [0.25, 0.3) is 0 Å². The van der Waals surface area contributed by atoms with Gasteiger partial charge in [-0.15, -0.1) is 0 Å². The van der Waals surface area contributed by atoms with Crippen LogP contribution in [0.25, 0.3) is 0 Å². The molecule has 0 bridgehead atoms. The topological polar surface area (TPSA) is 78.3 Å². The molecule has 0 heterocycles. The van der Waals surface area contributed by atoms with E-state index in [1.807, 2.05) is 0 Å². The van der Waals surface area contributed by atoms with E-state index in [4.69, 9.17) is 11.5 Å². The van der Waals surface area contributed by atoms with Crippen molar-refractivity contribution in [1.82, 2.24) is 0 Å². The lowest BCUT2D eigenvalue weighted by atomic mass is 10.1. The first-order valence-corrected chi connectivity index (χ1v) is 4.23. The van der Waals surface area contributed by atoms with Crippen molar-refractivity contribution in [3.8, 4) is 0 Å². The molecule has 72 valence electrons.